The van der Waals surface area contributed by atoms with Crippen LogP contribution in [-0.4, -0.2) is 26.2 Å². The van der Waals surface area contributed by atoms with Gasteiger partial charge in [-0.05, 0) is 43.2 Å². The van der Waals surface area contributed by atoms with Gasteiger partial charge in [-0.25, -0.2) is 8.78 Å². The van der Waals surface area contributed by atoms with E-state index in [2.05, 4.69) is 36.9 Å². The zero-order valence-corrected chi connectivity index (χ0v) is 13.7. The first-order chi connectivity index (χ1) is 11.0. The van der Waals surface area contributed by atoms with Crippen molar-refractivity contribution < 1.29 is 13.7 Å². The van der Waals surface area contributed by atoms with Gasteiger partial charge in [-0.15, -0.1) is 0 Å². The highest BCUT2D eigenvalue weighted by atomic mass is 19.2. The van der Waals surface area contributed by atoms with Crippen LogP contribution in [0.25, 0.3) is 0 Å². The average molecular weight is 317 g/mol. The topological polar surface area (TPSA) is 7.68 Å². The Kier molecular flexibility index (Phi) is 4.62. The maximum absolute atomic E-state index is 13.3. The Hall–Kier alpha value is -1.94. The van der Waals surface area contributed by atoms with E-state index in [1.807, 2.05) is 0 Å². The fourth-order valence-corrected chi connectivity index (χ4v) is 3.26. The Labute approximate surface area is 136 Å². The smallest absolute Gasteiger partial charge is 0.159 e. The van der Waals surface area contributed by atoms with Crippen LogP contribution in [-0.2, 0) is 6.54 Å². The summed E-state index contributed by atoms with van der Waals surface area (Å²) in [5.41, 5.74) is 4.84. The lowest BCUT2D eigenvalue weighted by Gasteiger charge is -2.34. The number of halogens is 2. The highest BCUT2D eigenvalue weighted by molar-refractivity contribution is 5.56. The summed E-state index contributed by atoms with van der Waals surface area (Å²) in [4.78, 5) is 3.84. The van der Waals surface area contributed by atoms with E-state index in [9.17, 15) is 8.78 Å². The molecule has 4 heteroatoms. The van der Waals surface area contributed by atoms with E-state index in [4.69, 9.17) is 0 Å². The van der Waals surface area contributed by atoms with Crippen LogP contribution in [0.1, 0.15) is 16.7 Å². The number of hydrogen-bond donors (Lipinski definition) is 1. The summed E-state index contributed by atoms with van der Waals surface area (Å²) >= 11 is 0. The first-order valence-electron chi connectivity index (χ1n) is 8.13. The minimum absolute atomic E-state index is 0.748. The van der Waals surface area contributed by atoms with Gasteiger partial charge in [0.05, 0.1) is 26.2 Å². The van der Waals surface area contributed by atoms with E-state index in [1.54, 1.807) is 6.07 Å². The van der Waals surface area contributed by atoms with Crippen LogP contribution < -0.4 is 9.80 Å². The molecule has 23 heavy (non-hydrogen) atoms. The predicted octanol–water partition coefficient (Wildman–Crippen LogP) is 2.49. The summed E-state index contributed by atoms with van der Waals surface area (Å²) in [6, 6.07) is 10.7. The third kappa shape index (κ3) is 3.53. The molecule has 0 unspecified atom stereocenters. The normalized spacial score (nSPS) is 15.9. The van der Waals surface area contributed by atoms with Crippen LogP contribution in [0.3, 0.4) is 0 Å². The number of nitrogens with one attached hydrogen (secondary N) is 1. The monoisotopic (exact) mass is 317 g/mol. The molecule has 1 fully saturated rings. The summed E-state index contributed by atoms with van der Waals surface area (Å²) in [7, 11) is 0. The van der Waals surface area contributed by atoms with Crippen LogP contribution in [0.15, 0.2) is 36.4 Å². The van der Waals surface area contributed by atoms with Crippen molar-refractivity contribution in [3.63, 3.8) is 0 Å². The van der Waals surface area contributed by atoms with Crippen molar-refractivity contribution in [2.45, 2.75) is 20.4 Å². The van der Waals surface area contributed by atoms with Crippen molar-refractivity contribution in [2.75, 3.05) is 31.1 Å². The number of hydrogen-bond acceptors (Lipinski definition) is 1. The van der Waals surface area contributed by atoms with Crippen molar-refractivity contribution in [3.05, 3.63) is 64.7 Å². The lowest BCUT2D eigenvalue weighted by Crippen LogP contribution is -3.13. The van der Waals surface area contributed by atoms with Gasteiger partial charge >= 0.3 is 0 Å². The highest BCUT2D eigenvalue weighted by Gasteiger charge is 2.21. The molecule has 0 amide bonds. The molecule has 3 rings (SSSR count). The molecule has 2 nitrogen and oxygen atoms in total. The molecule has 0 radical (unpaired) electrons. The number of aryl methyl sites for hydroxylation is 1. The average Bonchev–Trinajstić information content (AvgIpc) is 2.55. The quantitative estimate of drug-likeness (QED) is 0.914. The number of benzene rings is 2. The molecule has 0 spiro atoms. The van der Waals surface area contributed by atoms with Crippen molar-refractivity contribution in [1.82, 2.24) is 0 Å². The van der Waals surface area contributed by atoms with Crippen molar-refractivity contribution in [3.8, 4) is 0 Å². The van der Waals surface area contributed by atoms with Gasteiger partial charge in [-0.2, -0.15) is 0 Å². The van der Waals surface area contributed by atoms with E-state index < -0.39 is 11.6 Å². The molecule has 2 aromatic rings. The molecular weight excluding hydrogens is 294 g/mol. The molecule has 1 heterocycles. The number of quaternary nitrogens is 1. The molecule has 1 saturated heterocycles. The van der Waals surface area contributed by atoms with Crippen LogP contribution in [0.4, 0.5) is 14.5 Å². The molecule has 2 aromatic carbocycles. The molecule has 1 aliphatic rings. The summed E-state index contributed by atoms with van der Waals surface area (Å²) in [5, 5.41) is 0. The molecule has 0 aromatic heterocycles. The molecule has 0 saturated carbocycles. The minimum atomic E-state index is -0.775. The van der Waals surface area contributed by atoms with Crippen molar-refractivity contribution in [1.29, 1.82) is 0 Å². The van der Waals surface area contributed by atoms with Crippen LogP contribution in [0, 0.1) is 25.5 Å². The van der Waals surface area contributed by atoms with Gasteiger partial charge in [0.2, 0.25) is 0 Å². The van der Waals surface area contributed by atoms with E-state index in [1.165, 1.54) is 33.8 Å². The van der Waals surface area contributed by atoms with Gasteiger partial charge in [-0.1, -0.05) is 18.2 Å². The first kappa shape index (κ1) is 15.9. The largest absolute Gasteiger partial charge is 0.360 e. The summed E-state index contributed by atoms with van der Waals surface area (Å²) in [6.45, 7) is 9.05. The maximum Gasteiger partial charge on any atom is 0.159 e. The van der Waals surface area contributed by atoms with Crippen LogP contribution in [0.5, 0.6) is 0 Å². The Morgan fingerprint density at radius 2 is 1.74 bits per heavy atom. The minimum Gasteiger partial charge on any atom is -0.360 e. The molecule has 1 aliphatic heterocycles. The van der Waals surface area contributed by atoms with Crippen molar-refractivity contribution >= 4 is 5.69 Å². The molecule has 0 bridgehead atoms. The number of nitrogens with zero attached hydrogens (tertiary/aromatic N) is 1. The number of piperazine rings is 1. The molecule has 122 valence electrons. The fraction of sp³-hybridized carbons (Fsp3) is 0.368. The molecule has 1 N–H and O–H groups in total. The molecule has 0 aliphatic carbocycles. The van der Waals surface area contributed by atoms with Crippen molar-refractivity contribution in [2.24, 2.45) is 0 Å². The van der Waals surface area contributed by atoms with E-state index in [-0.39, 0.29) is 0 Å². The van der Waals surface area contributed by atoms with Gasteiger partial charge < -0.3 is 9.80 Å². The van der Waals surface area contributed by atoms with Gasteiger partial charge in [0.25, 0.3) is 0 Å². The van der Waals surface area contributed by atoms with Crippen LogP contribution in [0.2, 0.25) is 0 Å². The maximum atomic E-state index is 13.3. The fourth-order valence-electron chi connectivity index (χ4n) is 3.26. The molecular formula is C19H23F2N2+. The van der Waals surface area contributed by atoms with Gasteiger partial charge in [0.1, 0.15) is 6.54 Å². The summed E-state index contributed by atoms with van der Waals surface area (Å²) < 4.78 is 26.3. The number of rotatable bonds is 3. The predicted molar refractivity (Wildman–Crippen MR) is 88.9 cm³/mol. The van der Waals surface area contributed by atoms with Gasteiger partial charge in [0.15, 0.2) is 11.6 Å². The SMILES string of the molecule is Cc1cccc(N2CC[NH+](Cc3ccc(F)c(F)c3)CC2)c1C. The Bertz CT molecular complexity index is 692. The number of anilines is 1. The van der Waals surface area contributed by atoms with Gasteiger partial charge in [-0.3, -0.25) is 0 Å². The summed E-state index contributed by atoms with van der Waals surface area (Å²) in [6.07, 6.45) is 0. The third-order valence-electron chi connectivity index (χ3n) is 4.83. The molecule has 0 atom stereocenters. The standard InChI is InChI=1S/C19H22F2N2/c1-14-4-3-5-19(15(14)2)23-10-8-22(9-11-23)13-16-6-7-17(20)18(21)12-16/h3-7,12H,8-11,13H2,1-2H3/p+1. The van der Waals surface area contributed by atoms with Crippen LogP contribution >= 0.6 is 0 Å². The lowest BCUT2D eigenvalue weighted by molar-refractivity contribution is -0.914. The zero-order chi connectivity index (χ0) is 16.4. The summed E-state index contributed by atoms with van der Waals surface area (Å²) in [5.74, 6) is -1.53. The second-order valence-corrected chi connectivity index (χ2v) is 6.38. The van der Waals surface area contributed by atoms with E-state index in [0.717, 1.165) is 38.3 Å². The first-order valence-corrected chi connectivity index (χ1v) is 8.13. The third-order valence-corrected chi connectivity index (χ3v) is 4.83. The Morgan fingerprint density at radius 1 is 1.00 bits per heavy atom. The zero-order valence-electron chi connectivity index (χ0n) is 13.7. The van der Waals surface area contributed by atoms with E-state index in [0.29, 0.717) is 0 Å². The van der Waals surface area contributed by atoms with E-state index >= 15 is 0 Å². The second kappa shape index (κ2) is 6.67. The van der Waals surface area contributed by atoms with Gasteiger partial charge in [0, 0.05) is 11.3 Å². The lowest BCUT2D eigenvalue weighted by atomic mass is 10.1. The highest BCUT2D eigenvalue weighted by Crippen LogP contribution is 2.22. The Balaban J connectivity index is 1.62. The Morgan fingerprint density at radius 3 is 2.43 bits per heavy atom. The second-order valence-electron chi connectivity index (χ2n) is 6.38.